The molecule has 0 spiro atoms. The van der Waals surface area contributed by atoms with Crippen molar-refractivity contribution in [3.8, 4) is 0 Å². The minimum atomic E-state index is -1.09. The number of anilines is 2. The van der Waals surface area contributed by atoms with Crippen LogP contribution < -0.4 is 10.6 Å². The van der Waals surface area contributed by atoms with Crippen LogP contribution in [-0.2, 0) is 0 Å². The van der Waals surface area contributed by atoms with Gasteiger partial charge < -0.3 is 10.4 Å². The number of aryl methyl sites for hydroxylation is 1. The number of carbonyl (C=O) groups excluding carboxylic acids is 1. The van der Waals surface area contributed by atoms with Crippen molar-refractivity contribution in [1.29, 1.82) is 0 Å². The summed E-state index contributed by atoms with van der Waals surface area (Å²) in [6, 6.07) is 4.34. The molecule has 6 nitrogen and oxygen atoms in total. The van der Waals surface area contributed by atoms with E-state index in [1.54, 1.807) is 25.3 Å². The van der Waals surface area contributed by atoms with Gasteiger partial charge in [0.15, 0.2) is 5.13 Å². The van der Waals surface area contributed by atoms with Crippen molar-refractivity contribution in [2.24, 2.45) is 0 Å². The van der Waals surface area contributed by atoms with Gasteiger partial charge in [0.25, 0.3) is 0 Å². The molecule has 0 aliphatic rings. The molecular formula is C12H10BrN3O3S. The molecule has 0 saturated heterocycles. The maximum absolute atomic E-state index is 11.8. The molecule has 2 aromatic rings. The van der Waals surface area contributed by atoms with Gasteiger partial charge in [0, 0.05) is 0 Å². The van der Waals surface area contributed by atoms with E-state index in [4.69, 9.17) is 5.11 Å². The highest BCUT2D eigenvalue weighted by molar-refractivity contribution is 9.11. The average molecular weight is 356 g/mol. The molecule has 1 aromatic heterocycles. The number of hydrogen-bond donors (Lipinski definition) is 3. The van der Waals surface area contributed by atoms with Crippen LogP contribution in [0.2, 0.25) is 0 Å². The van der Waals surface area contributed by atoms with Gasteiger partial charge >= 0.3 is 12.0 Å². The third kappa shape index (κ3) is 3.34. The van der Waals surface area contributed by atoms with Crippen molar-refractivity contribution >= 4 is 50.1 Å². The number of aromatic carboxylic acids is 1. The van der Waals surface area contributed by atoms with E-state index in [0.29, 0.717) is 10.7 Å². The summed E-state index contributed by atoms with van der Waals surface area (Å²) in [5.74, 6) is -1.09. The second kappa shape index (κ2) is 6.02. The molecule has 0 atom stereocenters. The number of urea groups is 1. The topological polar surface area (TPSA) is 91.3 Å². The third-order valence-corrected chi connectivity index (χ3v) is 3.82. The van der Waals surface area contributed by atoms with Crippen molar-refractivity contribution < 1.29 is 14.7 Å². The molecule has 8 heteroatoms. The lowest BCUT2D eigenvalue weighted by atomic mass is 10.1. The number of aromatic nitrogens is 1. The fraction of sp³-hybridized carbons (Fsp3) is 0.0833. The lowest BCUT2D eigenvalue weighted by Crippen LogP contribution is -2.21. The van der Waals surface area contributed by atoms with E-state index in [1.807, 2.05) is 0 Å². The molecule has 2 rings (SSSR count). The second-order valence-electron chi connectivity index (χ2n) is 3.85. The normalized spacial score (nSPS) is 10.1. The highest BCUT2D eigenvalue weighted by atomic mass is 79.9. The molecule has 0 radical (unpaired) electrons. The zero-order chi connectivity index (χ0) is 14.7. The van der Waals surface area contributed by atoms with Crippen LogP contribution in [0.5, 0.6) is 0 Å². The number of thiazole rings is 1. The Morgan fingerprint density at radius 1 is 1.35 bits per heavy atom. The molecule has 0 aliphatic carbocycles. The molecule has 0 saturated carbocycles. The van der Waals surface area contributed by atoms with Crippen molar-refractivity contribution in [2.45, 2.75) is 6.92 Å². The van der Waals surface area contributed by atoms with Crippen LogP contribution in [0.4, 0.5) is 15.6 Å². The minimum absolute atomic E-state index is 0.0722. The number of hydrogen-bond acceptors (Lipinski definition) is 4. The predicted molar refractivity (Wildman–Crippen MR) is 80.6 cm³/mol. The van der Waals surface area contributed by atoms with Crippen molar-refractivity contribution in [1.82, 2.24) is 4.98 Å². The van der Waals surface area contributed by atoms with Crippen LogP contribution in [0.3, 0.4) is 0 Å². The van der Waals surface area contributed by atoms with E-state index < -0.39 is 12.0 Å². The monoisotopic (exact) mass is 355 g/mol. The van der Waals surface area contributed by atoms with Gasteiger partial charge in [-0.05, 0) is 34.5 Å². The first-order valence-corrected chi connectivity index (χ1v) is 7.10. The molecule has 0 bridgehead atoms. The summed E-state index contributed by atoms with van der Waals surface area (Å²) in [4.78, 5) is 27.0. The molecule has 0 unspecified atom stereocenters. The molecule has 2 amide bonds. The van der Waals surface area contributed by atoms with Gasteiger partial charge in [-0.3, -0.25) is 5.32 Å². The van der Waals surface area contributed by atoms with Crippen molar-refractivity contribution in [3.63, 3.8) is 0 Å². The van der Waals surface area contributed by atoms with Crippen molar-refractivity contribution in [3.05, 3.63) is 39.3 Å². The van der Waals surface area contributed by atoms with Crippen molar-refractivity contribution in [2.75, 3.05) is 10.6 Å². The van der Waals surface area contributed by atoms with Crippen LogP contribution in [0.25, 0.3) is 0 Å². The van der Waals surface area contributed by atoms with E-state index in [-0.39, 0.29) is 11.3 Å². The zero-order valence-corrected chi connectivity index (χ0v) is 12.7. The number of rotatable bonds is 3. The summed E-state index contributed by atoms with van der Waals surface area (Å²) in [5.41, 5.74) is 0.890. The number of benzene rings is 1. The largest absolute Gasteiger partial charge is 0.478 e. The van der Waals surface area contributed by atoms with Gasteiger partial charge in [0.05, 0.1) is 21.2 Å². The Morgan fingerprint density at radius 2 is 2.10 bits per heavy atom. The van der Waals surface area contributed by atoms with Crippen LogP contribution in [0.1, 0.15) is 15.9 Å². The van der Waals surface area contributed by atoms with E-state index in [9.17, 15) is 9.59 Å². The first kappa shape index (κ1) is 14.5. The van der Waals surface area contributed by atoms with Gasteiger partial charge in [-0.25, -0.2) is 14.6 Å². The summed E-state index contributed by atoms with van der Waals surface area (Å²) in [7, 11) is 0. The predicted octanol–water partition coefficient (Wildman–Crippen LogP) is 3.56. The number of nitrogens with one attached hydrogen (secondary N) is 2. The standard InChI is InChI=1S/C12H10BrN3O3S/c1-6-3-2-4-7(9(6)10(17)18)15-11(19)16-12-14-5-8(13)20-12/h2-5H,1H3,(H,17,18)(H2,14,15,16,19). The molecule has 1 aromatic carbocycles. The van der Waals surface area contributed by atoms with Gasteiger partial charge in [-0.2, -0.15) is 0 Å². The van der Waals surface area contributed by atoms with E-state index in [0.717, 1.165) is 3.79 Å². The molecule has 3 N–H and O–H groups in total. The lowest BCUT2D eigenvalue weighted by Gasteiger charge is -2.10. The molecular weight excluding hydrogens is 346 g/mol. The Labute approximate surface area is 127 Å². The second-order valence-corrected chi connectivity index (χ2v) is 6.26. The maximum atomic E-state index is 11.8. The average Bonchev–Trinajstić information content (AvgIpc) is 2.74. The van der Waals surface area contributed by atoms with E-state index in [2.05, 4.69) is 31.5 Å². The fourth-order valence-corrected chi connectivity index (χ4v) is 2.72. The number of carboxylic acid groups (broad SMARTS) is 1. The number of nitrogens with zero attached hydrogens (tertiary/aromatic N) is 1. The van der Waals surface area contributed by atoms with Gasteiger partial charge in [0.1, 0.15) is 0 Å². The Hall–Kier alpha value is -1.93. The quantitative estimate of drug-likeness (QED) is 0.784. The molecule has 20 heavy (non-hydrogen) atoms. The van der Waals surface area contributed by atoms with E-state index >= 15 is 0 Å². The fourth-order valence-electron chi connectivity index (χ4n) is 1.62. The summed E-state index contributed by atoms with van der Waals surface area (Å²) in [6.45, 7) is 1.67. The summed E-state index contributed by atoms with van der Waals surface area (Å²) in [5, 5.41) is 14.6. The molecule has 0 fully saturated rings. The van der Waals surface area contributed by atoms with Crippen LogP contribution >= 0.6 is 27.3 Å². The summed E-state index contributed by atoms with van der Waals surface area (Å²) in [6.07, 6.45) is 1.57. The smallest absolute Gasteiger partial charge is 0.338 e. The van der Waals surface area contributed by atoms with Crippen LogP contribution in [0, 0.1) is 6.92 Å². The van der Waals surface area contributed by atoms with Gasteiger partial charge in [-0.15, -0.1) is 0 Å². The molecule has 104 valence electrons. The van der Waals surface area contributed by atoms with Crippen LogP contribution in [-0.4, -0.2) is 22.1 Å². The number of carboxylic acids is 1. The first-order valence-electron chi connectivity index (χ1n) is 5.49. The minimum Gasteiger partial charge on any atom is -0.478 e. The van der Waals surface area contributed by atoms with E-state index in [1.165, 1.54) is 17.4 Å². The Balaban J connectivity index is 2.16. The molecule has 0 aliphatic heterocycles. The number of halogens is 1. The number of carbonyl (C=O) groups is 2. The maximum Gasteiger partial charge on any atom is 0.338 e. The van der Waals surface area contributed by atoms with Crippen LogP contribution in [0.15, 0.2) is 28.2 Å². The zero-order valence-electron chi connectivity index (χ0n) is 10.3. The Kier molecular flexibility index (Phi) is 4.35. The summed E-state index contributed by atoms with van der Waals surface area (Å²) < 4.78 is 0.787. The third-order valence-electron chi connectivity index (χ3n) is 2.43. The first-order chi connectivity index (χ1) is 9.47. The Bertz CT molecular complexity index is 672. The van der Waals surface area contributed by atoms with Gasteiger partial charge in [0.2, 0.25) is 0 Å². The SMILES string of the molecule is Cc1cccc(NC(=O)Nc2ncc(Br)s2)c1C(=O)O. The number of amides is 2. The van der Waals surface area contributed by atoms with Gasteiger partial charge in [-0.1, -0.05) is 23.5 Å². The lowest BCUT2D eigenvalue weighted by molar-refractivity contribution is 0.0697. The highest BCUT2D eigenvalue weighted by Crippen LogP contribution is 2.24. The highest BCUT2D eigenvalue weighted by Gasteiger charge is 2.15. The summed E-state index contributed by atoms with van der Waals surface area (Å²) >= 11 is 4.49. The Morgan fingerprint density at radius 3 is 2.70 bits per heavy atom. The molecule has 1 heterocycles.